The highest BCUT2D eigenvalue weighted by Crippen LogP contribution is 2.33. The lowest BCUT2D eigenvalue weighted by Gasteiger charge is -2.31. The van der Waals surface area contributed by atoms with Gasteiger partial charge in [-0.1, -0.05) is 24.3 Å². The number of fused-ring (bicyclic) bond motifs is 1. The Balaban J connectivity index is 2.20. The van der Waals surface area contributed by atoms with Crippen molar-refractivity contribution in [3.8, 4) is 0 Å². The molecule has 1 heterocycles. The SMILES string of the molecule is COC(=O)NC12C=CC=CC1CN(C(=O)OC)C2. The van der Waals surface area contributed by atoms with Gasteiger partial charge >= 0.3 is 12.2 Å². The predicted molar refractivity (Wildman–Crippen MR) is 64.0 cm³/mol. The predicted octanol–water partition coefficient (Wildman–Crippen LogP) is 0.905. The molecule has 1 aliphatic carbocycles. The number of amides is 2. The minimum atomic E-state index is -0.601. The zero-order chi connectivity index (χ0) is 13.2. The van der Waals surface area contributed by atoms with Crippen LogP contribution in [0.3, 0.4) is 0 Å². The Hall–Kier alpha value is -1.98. The minimum Gasteiger partial charge on any atom is -0.453 e. The minimum absolute atomic E-state index is 0.0284. The van der Waals surface area contributed by atoms with Crippen LogP contribution in [0.4, 0.5) is 9.59 Å². The average molecular weight is 252 g/mol. The molecular weight excluding hydrogens is 236 g/mol. The van der Waals surface area contributed by atoms with Gasteiger partial charge in [-0.05, 0) is 0 Å². The highest BCUT2D eigenvalue weighted by molar-refractivity contribution is 5.71. The molecule has 0 aromatic heterocycles. The van der Waals surface area contributed by atoms with Crippen molar-refractivity contribution in [3.05, 3.63) is 24.3 Å². The second kappa shape index (κ2) is 4.72. The van der Waals surface area contributed by atoms with Crippen LogP contribution in [-0.2, 0) is 9.47 Å². The first-order chi connectivity index (χ1) is 8.61. The van der Waals surface area contributed by atoms with Crippen molar-refractivity contribution >= 4 is 12.2 Å². The van der Waals surface area contributed by atoms with Crippen LogP contribution in [0.2, 0.25) is 0 Å². The molecular formula is C12H16N2O4. The van der Waals surface area contributed by atoms with Crippen molar-refractivity contribution in [3.63, 3.8) is 0 Å². The van der Waals surface area contributed by atoms with Crippen LogP contribution in [0.15, 0.2) is 24.3 Å². The fraction of sp³-hybridized carbons (Fsp3) is 0.500. The molecule has 0 radical (unpaired) electrons. The molecule has 98 valence electrons. The molecule has 6 heteroatoms. The Bertz CT molecular complexity index is 418. The number of nitrogens with zero attached hydrogens (tertiary/aromatic N) is 1. The summed E-state index contributed by atoms with van der Waals surface area (Å²) in [6.07, 6.45) is 6.72. The normalized spacial score (nSPS) is 28.8. The van der Waals surface area contributed by atoms with Crippen LogP contribution in [0.25, 0.3) is 0 Å². The number of rotatable bonds is 1. The molecule has 2 rings (SSSR count). The zero-order valence-corrected chi connectivity index (χ0v) is 10.4. The summed E-state index contributed by atoms with van der Waals surface area (Å²) in [6, 6.07) is 0. The van der Waals surface area contributed by atoms with Crippen molar-refractivity contribution in [1.29, 1.82) is 0 Å². The number of likely N-dealkylation sites (tertiary alicyclic amines) is 1. The van der Waals surface area contributed by atoms with Gasteiger partial charge in [0.05, 0.1) is 26.3 Å². The van der Waals surface area contributed by atoms with Crippen LogP contribution in [-0.4, -0.2) is 49.9 Å². The molecule has 6 nitrogen and oxygen atoms in total. The van der Waals surface area contributed by atoms with Crippen LogP contribution in [0.5, 0.6) is 0 Å². The number of methoxy groups -OCH3 is 2. The van der Waals surface area contributed by atoms with E-state index in [1.807, 2.05) is 24.3 Å². The third-order valence-electron chi connectivity index (χ3n) is 3.33. The van der Waals surface area contributed by atoms with Gasteiger partial charge < -0.3 is 19.7 Å². The van der Waals surface area contributed by atoms with Gasteiger partial charge in [-0.15, -0.1) is 0 Å². The lowest BCUT2D eigenvalue weighted by Crippen LogP contribution is -2.53. The molecule has 0 spiro atoms. The van der Waals surface area contributed by atoms with E-state index in [0.29, 0.717) is 13.1 Å². The second-order valence-corrected chi connectivity index (χ2v) is 4.36. The molecule has 0 aromatic carbocycles. The van der Waals surface area contributed by atoms with E-state index >= 15 is 0 Å². The van der Waals surface area contributed by atoms with Crippen molar-refractivity contribution in [1.82, 2.24) is 10.2 Å². The number of nitrogens with one attached hydrogen (secondary N) is 1. The molecule has 0 bridgehead atoms. The number of hydrogen-bond donors (Lipinski definition) is 1. The fourth-order valence-corrected chi connectivity index (χ4v) is 2.42. The van der Waals surface area contributed by atoms with Crippen LogP contribution in [0.1, 0.15) is 0 Å². The summed E-state index contributed by atoms with van der Waals surface area (Å²) in [5.41, 5.74) is -0.601. The van der Waals surface area contributed by atoms with Gasteiger partial charge in [-0.25, -0.2) is 9.59 Å². The molecule has 1 fully saturated rings. The van der Waals surface area contributed by atoms with Crippen molar-refractivity contribution in [2.45, 2.75) is 5.54 Å². The Kier molecular flexibility index (Phi) is 3.27. The summed E-state index contributed by atoms with van der Waals surface area (Å²) in [6.45, 7) is 0.887. The molecule has 18 heavy (non-hydrogen) atoms. The number of carbonyl (C=O) groups excluding carboxylic acids is 2. The lowest BCUT2D eigenvalue weighted by molar-refractivity contribution is 0.129. The maximum atomic E-state index is 11.6. The summed E-state index contributed by atoms with van der Waals surface area (Å²) < 4.78 is 9.35. The molecule has 0 saturated carbocycles. The van der Waals surface area contributed by atoms with Crippen molar-refractivity contribution in [2.75, 3.05) is 27.3 Å². The summed E-state index contributed by atoms with van der Waals surface area (Å²) >= 11 is 0. The van der Waals surface area contributed by atoms with E-state index in [1.165, 1.54) is 14.2 Å². The van der Waals surface area contributed by atoms with Crippen molar-refractivity contribution in [2.24, 2.45) is 5.92 Å². The third-order valence-corrected chi connectivity index (χ3v) is 3.33. The maximum absolute atomic E-state index is 11.6. The number of ether oxygens (including phenoxy) is 2. The van der Waals surface area contributed by atoms with Gasteiger partial charge in [0.1, 0.15) is 0 Å². The molecule has 2 amide bonds. The largest absolute Gasteiger partial charge is 0.453 e. The van der Waals surface area contributed by atoms with Crippen LogP contribution >= 0.6 is 0 Å². The van der Waals surface area contributed by atoms with Gasteiger partial charge in [-0.2, -0.15) is 0 Å². The molecule has 1 N–H and O–H groups in total. The first-order valence-electron chi connectivity index (χ1n) is 5.66. The Labute approximate surface area is 105 Å². The highest BCUT2D eigenvalue weighted by atomic mass is 16.5. The molecule has 2 unspecified atom stereocenters. The van der Waals surface area contributed by atoms with E-state index < -0.39 is 17.7 Å². The zero-order valence-electron chi connectivity index (χ0n) is 10.4. The highest BCUT2D eigenvalue weighted by Gasteiger charge is 2.47. The number of alkyl carbamates (subject to hydrolysis) is 1. The van der Waals surface area contributed by atoms with E-state index in [0.717, 1.165) is 0 Å². The monoisotopic (exact) mass is 252 g/mol. The standard InChI is InChI=1S/C12H16N2O4/c1-17-10(15)13-12-6-4-3-5-9(12)7-14(8-12)11(16)18-2/h3-6,9H,7-8H2,1-2H3,(H,13,15). The lowest BCUT2D eigenvalue weighted by atomic mass is 9.84. The maximum Gasteiger partial charge on any atom is 0.409 e. The van der Waals surface area contributed by atoms with Crippen molar-refractivity contribution < 1.29 is 19.1 Å². The fourth-order valence-electron chi connectivity index (χ4n) is 2.42. The van der Waals surface area contributed by atoms with E-state index in [2.05, 4.69) is 10.1 Å². The van der Waals surface area contributed by atoms with E-state index in [9.17, 15) is 9.59 Å². The Morgan fingerprint density at radius 1 is 1.33 bits per heavy atom. The van der Waals surface area contributed by atoms with E-state index in [-0.39, 0.29) is 5.92 Å². The number of carbonyl (C=O) groups is 2. The molecule has 1 aliphatic heterocycles. The average Bonchev–Trinajstić information content (AvgIpc) is 2.76. The summed E-state index contributed by atoms with van der Waals surface area (Å²) in [5, 5.41) is 2.80. The summed E-state index contributed by atoms with van der Waals surface area (Å²) in [5.74, 6) is 0.0284. The van der Waals surface area contributed by atoms with Gasteiger partial charge in [0.2, 0.25) is 0 Å². The third kappa shape index (κ3) is 2.05. The summed E-state index contributed by atoms with van der Waals surface area (Å²) in [7, 11) is 2.66. The molecule has 0 aromatic rings. The quantitative estimate of drug-likeness (QED) is 0.753. The van der Waals surface area contributed by atoms with E-state index in [4.69, 9.17) is 4.74 Å². The van der Waals surface area contributed by atoms with Crippen LogP contribution in [0, 0.1) is 5.92 Å². The smallest absolute Gasteiger partial charge is 0.409 e. The molecule has 1 saturated heterocycles. The number of allylic oxidation sites excluding steroid dienone is 2. The molecule has 2 atom stereocenters. The Morgan fingerprint density at radius 2 is 2.11 bits per heavy atom. The summed E-state index contributed by atoms with van der Waals surface area (Å²) in [4.78, 5) is 24.6. The second-order valence-electron chi connectivity index (χ2n) is 4.36. The van der Waals surface area contributed by atoms with Gasteiger partial charge in [-0.3, -0.25) is 0 Å². The van der Waals surface area contributed by atoms with Gasteiger partial charge in [0, 0.05) is 12.5 Å². The van der Waals surface area contributed by atoms with E-state index in [1.54, 1.807) is 4.90 Å². The number of hydrogen-bond acceptors (Lipinski definition) is 4. The van der Waals surface area contributed by atoms with Gasteiger partial charge in [0.15, 0.2) is 0 Å². The molecule has 2 aliphatic rings. The van der Waals surface area contributed by atoms with Gasteiger partial charge in [0.25, 0.3) is 0 Å². The first kappa shape index (κ1) is 12.5. The van der Waals surface area contributed by atoms with Crippen LogP contribution < -0.4 is 5.32 Å². The topological polar surface area (TPSA) is 67.9 Å². The first-order valence-corrected chi connectivity index (χ1v) is 5.66. The Morgan fingerprint density at radius 3 is 2.78 bits per heavy atom.